The van der Waals surface area contributed by atoms with Crippen molar-refractivity contribution in [1.29, 1.82) is 0 Å². The molecule has 42 heavy (non-hydrogen) atoms. The summed E-state index contributed by atoms with van der Waals surface area (Å²) >= 11 is 2.85. The Labute approximate surface area is 251 Å². The molecule has 1 N–H and O–H groups in total. The van der Waals surface area contributed by atoms with E-state index >= 15 is 0 Å². The predicted octanol–water partition coefficient (Wildman–Crippen LogP) is 4.23. The normalized spacial score (nSPS) is 11.0. The second-order valence-corrected chi connectivity index (χ2v) is 11.0. The molecule has 0 spiro atoms. The van der Waals surface area contributed by atoms with E-state index < -0.39 is 23.8 Å². The van der Waals surface area contributed by atoms with Crippen LogP contribution in [0.25, 0.3) is 20.7 Å². The molecule has 0 fully saturated rings. The zero-order valence-corrected chi connectivity index (χ0v) is 25.6. The van der Waals surface area contributed by atoms with Gasteiger partial charge in [-0.1, -0.05) is 25.1 Å². The van der Waals surface area contributed by atoms with E-state index in [0.717, 1.165) is 25.5 Å². The number of nitrogens with one attached hydrogen (secondary N) is 1. The van der Waals surface area contributed by atoms with Crippen LogP contribution in [0.4, 0.5) is 0 Å². The van der Waals surface area contributed by atoms with Crippen LogP contribution < -0.4 is 21.3 Å². The molecule has 1 amide bonds. The Balaban J connectivity index is 2.00. The van der Waals surface area contributed by atoms with Crippen molar-refractivity contribution in [2.75, 3.05) is 26.8 Å². The maximum atomic E-state index is 14.0. The minimum absolute atomic E-state index is 0.0676. The van der Waals surface area contributed by atoms with E-state index in [1.54, 1.807) is 37.7 Å². The van der Waals surface area contributed by atoms with Gasteiger partial charge in [0, 0.05) is 35.4 Å². The van der Waals surface area contributed by atoms with E-state index in [4.69, 9.17) is 14.2 Å². The quantitative estimate of drug-likeness (QED) is 0.136. The van der Waals surface area contributed by atoms with Crippen LogP contribution in [-0.2, 0) is 38.7 Å². The molecule has 4 rings (SSSR count). The van der Waals surface area contributed by atoms with Crippen LogP contribution in [0.15, 0.2) is 63.0 Å². The number of rotatable bonds is 13. The lowest BCUT2D eigenvalue weighted by molar-refractivity contribution is -0.144. The molecular weight excluding hydrogens is 578 g/mol. The summed E-state index contributed by atoms with van der Waals surface area (Å²) in [5.41, 5.74) is 1.01. The summed E-state index contributed by atoms with van der Waals surface area (Å²) in [4.78, 5) is 54.8. The van der Waals surface area contributed by atoms with Gasteiger partial charge >= 0.3 is 11.7 Å². The fourth-order valence-corrected chi connectivity index (χ4v) is 6.40. The Bertz CT molecular complexity index is 1690. The average Bonchev–Trinajstić information content (AvgIpc) is 3.39. The number of thiophene rings is 1. The van der Waals surface area contributed by atoms with Gasteiger partial charge in [-0.05, 0) is 54.6 Å². The van der Waals surface area contributed by atoms with E-state index in [0.29, 0.717) is 16.1 Å². The molecule has 0 saturated heterocycles. The number of amides is 1. The van der Waals surface area contributed by atoms with Gasteiger partial charge in [0.15, 0.2) is 6.79 Å². The Morgan fingerprint density at radius 2 is 1.76 bits per heavy atom. The molecule has 0 aliphatic carbocycles. The van der Waals surface area contributed by atoms with Crippen LogP contribution in [0.2, 0.25) is 0 Å². The summed E-state index contributed by atoms with van der Waals surface area (Å²) in [6.45, 7) is 3.34. The van der Waals surface area contributed by atoms with Gasteiger partial charge in [0.05, 0.1) is 18.5 Å². The zero-order chi connectivity index (χ0) is 30.2. The first kappa shape index (κ1) is 31.1. The van der Waals surface area contributed by atoms with Crippen LogP contribution in [0.1, 0.15) is 31.4 Å². The lowest BCUT2D eigenvalue weighted by Gasteiger charge is -2.14. The van der Waals surface area contributed by atoms with Gasteiger partial charge in [-0.3, -0.25) is 19.0 Å². The van der Waals surface area contributed by atoms with Crippen LogP contribution in [-0.4, -0.2) is 47.8 Å². The molecule has 0 bridgehead atoms. The third-order valence-electron chi connectivity index (χ3n) is 6.51. The van der Waals surface area contributed by atoms with E-state index in [2.05, 4.69) is 5.32 Å². The van der Waals surface area contributed by atoms with Crippen LogP contribution in [0, 0.1) is 0 Å². The summed E-state index contributed by atoms with van der Waals surface area (Å²) in [5, 5.41) is 3.16. The van der Waals surface area contributed by atoms with Crippen LogP contribution in [0.5, 0.6) is 5.75 Å². The Hall–Kier alpha value is -3.87. The SMILES string of the molecule is CCOC(=O)Cn1c(=O)c2c(CNC(=O)CC)c(-c3ccc(OCOC)cc3)sc2n(Cc2ccccc2SC)c1=O. The first-order chi connectivity index (χ1) is 20.3. The van der Waals surface area contributed by atoms with Crippen LogP contribution in [0.3, 0.4) is 0 Å². The number of fused-ring (bicyclic) bond motifs is 1. The fraction of sp³-hybridized carbons (Fsp3) is 0.333. The highest BCUT2D eigenvalue weighted by atomic mass is 32.2. The second kappa shape index (κ2) is 14.3. The number of hydrogen-bond donors (Lipinski definition) is 1. The van der Waals surface area contributed by atoms with Crippen molar-refractivity contribution in [3.63, 3.8) is 0 Å². The van der Waals surface area contributed by atoms with E-state index in [1.807, 2.05) is 42.7 Å². The topological polar surface area (TPSA) is 118 Å². The lowest BCUT2D eigenvalue weighted by atomic mass is 10.1. The Morgan fingerprint density at radius 3 is 2.43 bits per heavy atom. The number of methoxy groups -OCH3 is 1. The molecule has 2 heterocycles. The third kappa shape index (κ3) is 6.77. The third-order valence-corrected chi connectivity index (χ3v) is 8.65. The van der Waals surface area contributed by atoms with E-state index in [9.17, 15) is 19.2 Å². The van der Waals surface area contributed by atoms with Crippen molar-refractivity contribution in [3.8, 4) is 16.2 Å². The van der Waals surface area contributed by atoms with Crippen molar-refractivity contribution in [1.82, 2.24) is 14.5 Å². The first-order valence-electron chi connectivity index (χ1n) is 13.4. The lowest BCUT2D eigenvalue weighted by Crippen LogP contribution is -2.42. The highest BCUT2D eigenvalue weighted by molar-refractivity contribution is 7.98. The molecule has 0 aliphatic heterocycles. The summed E-state index contributed by atoms with van der Waals surface area (Å²) in [6, 6.07) is 15.0. The number of esters is 1. The van der Waals surface area contributed by atoms with Crippen LogP contribution >= 0.6 is 23.1 Å². The molecule has 2 aromatic heterocycles. The van der Waals surface area contributed by atoms with Crippen molar-refractivity contribution < 1.29 is 23.8 Å². The molecule has 0 radical (unpaired) electrons. The van der Waals surface area contributed by atoms with Crippen molar-refractivity contribution in [2.24, 2.45) is 0 Å². The number of carbonyl (C=O) groups is 2. The van der Waals surface area contributed by atoms with Crippen molar-refractivity contribution >= 4 is 45.2 Å². The number of hydrogen-bond acceptors (Lipinski definition) is 9. The molecule has 12 heteroatoms. The monoisotopic (exact) mass is 611 g/mol. The van der Waals surface area contributed by atoms with Gasteiger partial charge in [-0.2, -0.15) is 0 Å². The highest BCUT2D eigenvalue weighted by Crippen LogP contribution is 2.38. The van der Waals surface area contributed by atoms with Gasteiger partial charge in [0.1, 0.15) is 17.1 Å². The van der Waals surface area contributed by atoms with Gasteiger partial charge in [0.2, 0.25) is 5.91 Å². The van der Waals surface area contributed by atoms with E-state index in [-0.39, 0.29) is 44.2 Å². The summed E-state index contributed by atoms with van der Waals surface area (Å²) in [6.07, 6.45) is 2.23. The van der Waals surface area contributed by atoms with E-state index in [1.165, 1.54) is 23.0 Å². The number of ether oxygens (including phenoxy) is 3. The molecule has 10 nitrogen and oxygen atoms in total. The summed E-state index contributed by atoms with van der Waals surface area (Å²) < 4.78 is 18.0. The Morgan fingerprint density at radius 1 is 1.02 bits per heavy atom. The number of aromatic nitrogens is 2. The maximum absolute atomic E-state index is 14.0. The van der Waals surface area contributed by atoms with Gasteiger partial charge in [-0.25, -0.2) is 9.36 Å². The predicted molar refractivity (Wildman–Crippen MR) is 164 cm³/mol. The number of carbonyl (C=O) groups excluding carboxylic acids is 2. The molecule has 222 valence electrons. The molecule has 4 aromatic rings. The minimum atomic E-state index is -0.685. The number of nitrogens with zero attached hydrogens (tertiary/aromatic N) is 2. The summed E-state index contributed by atoms with van der Waals surface area (Å²) in [5.74, 6) is -0.266. The van der Waals surface area contributed by atoms with Gasteiger partial charge < -0.3 is 19.5 Å². The fourth-order valence-electron chi connectivity index (χ4n) is 4.48. The van der Waals surface area contributed by atoms with Gasteiger partial charge in [-0.15, -0.1) is 23.1 Å². The second-order valence-electron chi connectivity index (χ2n) is 9.17. The zero-order valence-electron chi connectivity index (χ0n) is 23.9. The number of thioether (sulfide) groups is 1. The van der Waals surface area contributed by atoms with Crippen molar-refractivity contribution in [3.05, 3.63) is 80.5 Å². The standard InChI is InChI=1S/C30H33N3O7S2/c1-5-24(34)31-15-22-26-28(36)32(17-25(35)39-6-2)30(37)33(16-20-9-7-8-10-23(20)41-4)29(26)42-27(22)19-11-13-21(14-12-19)40-18-38-3/h7-14H,5-6,15-18H2,1-4H3,(H,31,34). The summed E-state index contributed by atoms with van der Waals surface area (Å²) in [7, 11) is 1.54. The van der Waals surface area contributed by atoms with Gasteiger partial charge in [0.25, 0.3) is 5.56 Å². The smallest absolute Gasteiger partial charge is 0.332 e. The van der Waals surface area contributed by atoms with Crippen molar-refractivity contribution in [2.45, 2.75) is 44.8 Å². The molecule has 0 atom stereocenters. The molecule has 0 aliphatic rings. The molecular formula is C30H33N3O7S2. The maximum Gasteiger partial charge on any atom is 0.332 e. The molecule has 2 aromatic carbocycles. The Kier molecular flexibility index (Phi) is 10.6. The number of benzene rings is 2. The highest BCUT2D eigenvalue weighted by Gasteiger charge is 2.25. The molecule has 0 saturated carbocycles. The molecule has 0 unspecified atom stereocenters. The largest absolute Gasteiger partial charge is 0.468 e. The average molecular weight is 612 g/mol. The first-order valence-corrected chi connectivity index (χ1v) is 15.4. The minimum Gasteiger partial charge on any atom is -0.468 e.